The standard InChI is InChI=1S/C17H17FO6/c1-3-15(19)22-10-6-5-7-17(21)24-14-9-8-12(11-13(14)18)23-16(20)4-2/h3-4,8-9,11H,1-2,5-7,10H2. The predicted molar refractivity (Wildman–Crippen MR) is 82.9 cm³/mol. The summed E-state index contributed by atoms with van der Waals surface area (Å²) in [5.41, 5.74) is 0. The SMILES string of the molecule is C=CC(=O)OCCCCC(=O)Oc1ccc(OC(=O)C=C)cc1F. The zero-order valence-electron chi connectivity index (χ0n) is 13.0. The van der Waals surface area contributed by atoms with E-state index in [2.05, 4.69) is 13.2 Å². The molecule has 0 spiro atoms. The number of unbranched alkanes of at least 4 members (excludes halogenated alkanes) is 1. The lowest BCUT2D eigenvalue weighted by molar-refractivity contribution is -0.138. The summed E-state index contributed by atoms with van der Waals surface area (Å²) in [7, 11) is 0. The average Bonchev–Trinajstić information content (AvgIpc) is 2.56. The van der Waals surface area contributed by atoms with Crippen LogP contribution in [-0.2, 0) is 19.1 Å². The van der Waals surface area contributed by atoms with Crippen molar-refractivity contribution in [1.29, 1.82) is 0 Å². The Balaban J connectivity index is 2.41. The van der Waals surface area contributed by atoms with Gasteiger partial charge in [0, 0.05) is 24.6 Å². The van der Waals surface area contributed by atoms with Gasteiger partial charge in [-0.25, -0.2) is 14.0 Å². The Labute approximate surface area is 138 Å². The number of rotatable bonds is 9. The van der Waals surface area contributed by atoms with Gasteiger partial charge in [-0.1, -0.05) is 13.2 Å². The van der Waals surface area contributed by atoms with Crippen LogP contribution in [0.15, 0.2) is 43.5 Å². The van der Waals surface area contributed by atoms with E-state index in [4.69, 9.17) is 14.2 Å². The minimum atomic E-state index is -0.836. The Morgan fingerprint density at radius 3 is 2.38 bits per heavy atom. The van der Waals surface area contributed by atoms with Gasteiger partial charge in [-0.05, 0) is 25.0 Å². The lowest BCUT2D eigenvalue weighted by Crippen LogP contribution is -2.10. The fourth-order valence-corrected chi connectivity index (χ4v) is 1.56. The first-order valence-electron chi connectivity index (χ1n) is 7.10. The Morgan fingerprint density at radius 1 is 1.04 bits per heavy atom. The molecule has 0 heterocycles. The summed E-state index contributed by atoms with van der Waals surface area (Å²) < 4.78 is 28.1. The molecular weight excluding hydrogens is 319 g/mol. The highest BCUT2D eigenvalue weighted by atomic mass is 19.1. The van der Waals surface area contributed by atoms with E-state index in [-0.39, 0.29) is 24.5 Å². The Kier molecular flexibility index (Phi) is 7.90. The number of hydrogen-bond acceptors (Lipinski definition) is 6. The van der Waals surface area contributed by atoms with Gasteiger partial charge in [0.1, 0.15) is 5.75 Å². The van der Waals surface area contributed by atoms with Crippen LogP contribution in [0, 0.1) is 5.82 Å². The van der Waals surface area contributed by atoms with Crippen molar-refractivity contribution in [1.82, 2.24) is 0 Å². The van der Waals surface area contributed by atoms with E-state index in [1.807, 2.05) is 0 Å². The molecule has 0 saturated heterocycles. The van der Waals surface area contributed by atoms with E-state index >= 15 is 0 Å². The van der Waals surface area contributed by atoms with Crippen LogP contribution in [0.4, 0.5) is 4.39 Å². The zero-order chi connectivity index (χ0) is 17.9. The molecule has 0 fully saturated rings. The molecule has 1 aromatic carbocycles. The second-order valence-electron chi connectivity index (χ2n) is 4.52. The molecular formula is C17H17FO6. The molecule has 7 heteroatoms. The van der Waals surface area contributed by atoms with E-state index < -0.39 is 23.7 Å². The molecule has 0 bridgehead atoms. The molecule has 0 aliphatic heterocycles. The minimum absolute atomic E-state index is 0.0266. The first kappa shape index (κ1) is 19.1. The molecule has 128 valence electrons. The van der Waals surface area contributed by atoms with Crippen molar-refractivity contribution in [2.45, 2.75) is 19.3 Å². The van der Waals surface area contributed by atoms with Crippen LogP contribution in [0.1, 0.15) is 19.3 Å². The van der Waals surface area contributed by atoms with Gasteiger partial charge in [0.25, 0.3) is 0 Å². The molecule has 6 nitrogen and oxygen atoms in total. The number of carbonyl (C=O) groups excluding carboxylic acids is 3. The van der Waals surface area contributed by atoms with Crippen molar-refractivity contribution >= 4 is 17.9 Å². The third-order valence-electron chi connectivity index (χ3n) is 2.70. The highest BCUT2D eigenvalue weighted by Gasteiger charge is 2.11. The lowest BCUT2D eigenvalue weighted by atomic mass is 10.2. The molecule has 0 atom stereocenters. The monoisotopic (exact) mass is 336 g/mol. The predicted octanol–water partition coefficient (Wildman–Crippen LogP) is 2.72. The van der Waals surface area contributed by atoms with Gasteiger partial charge in [0.05, 0.1) is 6.61 Å². The molecule has 0 aliphatic rings. The summed E-state index contributed by atoms with van der Waals surface area (Å²) in [6, 6.07) is 3.41. The summed E-state index contributed by atoms with van der Waals surface area (Å²) in [6.07, 6.45) is 2.91. The van der Waals surface area contributed by atoms with E-state index in [1.165, 1.54) is 12.1 Å². The Morgan fingerprint density at radius 2 is 1.75 bits per heavy atom. The molecule has 0 aromatic heterocycles. The van der Waals surface area contributed by atoms with E-state index in [1.54, 1.807) is 0 Å². The third-order valence-corrected chi connectivity index (χ3v) is 2.70. The van der Waals surface area contributed by atoms with Crippen LogP contribution in [0.5, 0.6) is 11.5 Å². The number of halogens is 1. The maximum Gasteiger partial charge on any atom is 0.335 e. The normalized spacial score (nSPS) is 9.71. The lowest BCUT2D eigenvalue weighted by Gasteiger charge is -2.07. The number of hydrogen-bond donors (Lipinski definition) is 0. The molecule has 1 aromatic rings. The second-order valence-corrected chi connectivity index (χ2v) is 4.52. The Bertz CT molecular complexity index is 638. The molecule has 0 unspecified atom stereocenters. The summed E-state index contributed by atoms with van der Waals surface area (Å²) in [5, 5.41) is 0. The van der Waals surface area contributed by atoms with Crippen molar-refractivity contribution in [2.75, 3.05) is 6.61 Å². The Hall–Kier alpha value is -2.96. The second kappa shape index (κ2) is 9.94. The van der Waals surface area contributed by atoms with Gasteiger partial charge in [-0.3, -0.25) is 4.79 Å². The first-order valence-corrected chi connectivity index (χ1v) is 7.10. The highest BCUT2D eigenvalue weighted by Crippen LogP contribution is 2.23. The molecule has 0 aliphatic carbocycles. The van der Waals surface area contributed by atoms with Gasteiger partial charge in [-0.15, -0.1) is 0 Å². The van der Waals surface area contributed by atoms with Crippen molar-refractivity contribution < 1.29 is 33.0 Å². The number of benzene rings is 1. The van der Waals surface area contributed by atoms with Gasteiger partial charge in [0.15, 0.2) is 11.6 Å². The summed E-state index contributed by atoms with van der Waals surface area (Å²) in [6.45, 7) is 6.64. The van der Waals surface area contributed by atoms with Gasteiger partial charge in [-0.2, -0.15) is 0 Å². The van der Waals surface area contributed by atoms with Crippen LogP contribution in [0.2, 0.25) is 0 Å². The highest BCUT2D eigenvalue weighted by molar-refractivity contribution is 5.83. The molecule has 0 radical (unpaired) electrons. The number of ether oxygens (including phenoxy) is 3. The number of esters is 3. The summed E-state index contributed by atoms with van der Waals surface area (Å²) in [5.74, 6) is -3.01. The van der Waals surface area contributed by atoms with Crippen LogP contribution in [0.25, 0.3) is 0 Å². The smallest absolute Gasteiger partial charge is 0.335 e. The van der Waals surface area contributed by atoms with Crippen LogP contribution < -0.4 is 9.47 Å². The maximum atomic E-state index is 13.8. The summed E-state index contributed by atoms with van der Waals surface area (Å²) >= 11 is 0. The van der Waals surface area contributed by atoms with Gasteiger partial charge in [0.2, 0.25) is 0 Å². The summed E-state index contributed by atoms with van der Waals surface area (Å²) in [4.78, 5) is 33.4. The molecule has 0 N–H and O–H groups in total. The van der Waals surface area contributed by atoms with Crippen LogP contribution in [-0.4, -0.2) is 24.5 Å². The molecule has 24 heavy (non-hydrogen) atoms. The quantitative estimate of drug-likeness (QED) is 0.299. The van der Waals surface area contributed by atoms with E-state index in [9.17, 15) is 18.8 Å². The molecule has 0 saturated carbocycles. The molecule has 0 amide bonds. The van der Waals surface area contributed by atoms with Crippen molar-refractivity contribution in [3.05, 3.63) is 49.3 Å². The third kappa shape index (κ3) is 6.87. The fourth-order valence-electron chi connectivity index (χ4n) is 1.56. The largest absolute Gasteiger partial charge is 0.463 e. The fraction of sp³-hybridized carbons (Fsp3) is 0.235. The maximum absolute atomic E-state index is 13.8. The zero-order valence-corrected chi connectivity index (χ0v) is 13.0. The van der Waals surface area contributed by atoms with E-state index in [0.717, 1.165) is 18.2 Å². The van der Waals surface area contributed by atoms with Crippen molar-refractivity contribution in [3.63, 3.8) is 0 Å². The van der Waals surface area contributed by atoms with Gasteiger partial charge >= 0.3 is 17.9 Å². The van der Waals surface area contributed by atoms with Crippen LogP contribution >= 0.6 is 0 Å². The van der Waals surface area contributed by atoms with Gasteiger partial charge < -0.3 is 14.2 Å². The minimum Gasteiger partial charge on any atom is -0.463 e. The molecule has 1 rings (SSSR count). The van der Waals surface area contributed by atoms with Crippen molar-refractivity contribution in [3.8, 4) is 11.5 Å². The first-order chi connectivity index (χ1) is 11.5. The van der Waals surface area contributed by atoms with E-state index in [0.29, 0.717) is 12.8 Å². The average molecular weight is 336 g/mol. The topological polar surface area (TPSA) is 78.9 Å². The number of carbonyl (C=O) groups is 3. The van der Waals surface area contributed by atoms with Crippen LogP contribution in [0.3, 0.4) is 0 Å². The van der Waals surface area contributed by atoms with Crippen molar-refractivity contribution in [2.24, 2.45) is 0 Å².